The van der Waals surface area contributed by atoms with Gasteiger partial charge in [-0.25, -0.2) is 4.98 Å². The van der Waals surface area contributed by atoms with Gasteiger partial charge in [0.1, 0.15) is 5.56 Å². The summed E-state index contributed by atoms with van der Waals surface area (Å²) >= 11 is 0. The van der Waals surface area contributed by atoms with Gasteiger partial charge in [0.15, 0.2) is 0 Å². The maximum absolute atomic E-state index is 12.7. The third kappa shape index (κ3) is 3.64. The predicted molar refractivity (Wildman–Crippen MR) is 86.6 cm³/mol. The van der Waals surface area contributed by atoms with Gasteiger partial charge in [0.05, 0.1) is 18.8 Å². The fourth-order valence-electron chi connectivity index (χ4n) is 3.49. The molecule has 0 aromatic carbocycles. The van der Waals surface area contributed by atoms with Crippen molar-refractivity contribution in [3.63, 3.8) is 0 Å². The quantitative estimate of drug-likeness (QED) is 0.882. The van der Waals surface area contributed by atoms with Crippen LogP contribution in [0.1, 0.15) is 36.5 Å². The number of ether oxygens (including phenoxy) is 1. The molecule has 1 amide bonds. The van der Waals surface area contributed by atoms with Crippen molar-refractivity contribution in [1.29, 1.82) is 0 Å². The van der Waals surface area contributed by atoms with Crippen LogP contribution < -0.4 is 4.74 Å². The first kappa shape index (κ1) is 16.2. The molecule has 0 aliphatic carbocycles. The monoisotopic (exact) mass is 319 g/mol. The van der Waals surface area contributed by atoms with Crippen molar-refractivity contribution in [2.45, 2.75) is 31.8 Å². The van der Waals surface area contributed by atoms with Crippen LogP contribution in [0.4, 0.5) is 0 Å². The number of aliphatic hydroxyl groups is 1. The number of carbonyl (C=O) groups is 1. The minimum Gasteiger partial charge on any atom is -0.477 e. The molecule has 6 heteroatoms. The third-order valence-electron chi connectivity index (χ3n) is 4.62. The molecule has 1 atom stereocenters. The van der Waals surface area contributed by atoms with Crippen LogP contribution in [0.25, 0.3) is 0 Å². The van der Waals surface area contributed by atoms with Crippen molar-refractivity contribution >= 4 is 5.91 Å². The van der Waals surface area contributed by atoms with Crippen molar-refractivity contribution in [3.8, 4) is 5.88 Å². The van der Waals surface area contributed by atoms with E-state index in [1.807, 2.05) is 6.92 Å². The van der Waals surface area contributed by atoms with E-state index in [1.54, 1.807) is 23.2 Å². The van der Waals surface area contributed by atoms with Crippen molar-refractivity contribution in [3.05, 3.63) is 23.9 Å². The lowest BCUT2D eigenvalue weighted by Gasteiger charge is -2.28. The summed E-state index contributed by atoms with van der Waals surface area (Å²) in [6, 6.07) is 3.47. The average Bonchev–Trinajstić information content (AvgIpc) is 3.18. The first-order valence-electron chi connectivity index (χ1n) is 8.43. The zero-order valence-corrected chi connectivity index (χ0v) is 13.7. The Kier molecular flexibility index (Phi) is 4.82. The molecule has 1 N–H and O–H groups in total. The fraction of sp³-hybridized carbons (Fsp3) is 0.647. The maximum Gasteiger partial charge on any atom is 0.259 e. The number of likely N-dealkylation sites (tertiary alicyclic amines) is 2. The van der Waals surface area contributed by atoms with Crippen LogP contribution in [0.3, 0.4) is 0 Å². The number of amides is 1. The van der Waals surface area contributed by atoms with E-state index in [0.717, 1.165) is 13.1 Å². The minimum absolute atomic E-state index is 0.112. The Morgan fingerprint density at radius 3 is 2.91 bits per heavy atom. The standard InChI is InChI=1S/C17H25N3O3/c1-2-23-15-14(6-5-8-18-15)16(21)20-11-7-17(22,13-20)12-19-9-3-4-10-19/h5-6,8,22H,2-4,7,9-13H2,1H3/t17-/m1/s1. The SMILES string of the molecule is CCOc1ncccc1C(=O)N1CC[C@@](O)(CN2CCCC2)C1. The molecule has 3 heterocycles. The van der Waals surface area contributed by atoms with Crippen molar-refractivity contribution in [2.24, 2.45) is 0 Å². The highest BCUT2D eigenvalue weighted by Gasteiger charge is 2.40. The lowest BCUT2D eigenvalue weighted by Crippen LogP contribution is -2.45. The molecule has 2 aliphatic heterocycles. The van der Waals surface area contributed by atoms with Crippen molar-refractivity contribution < 1.29 is 14.6 Å². The van der Waals surface area contributed by atoms with Gasteiger partial charge in [-0.15, -0.1) is 0 Å². The van der Waals surface area contributed by atoms with E-state index in [2.05, 4.69) is 9.88 Å². The number of β-amino-alcohol motifs (C(OH)–C–C–N with tert-alkyl or cyclic N) is 1. The molecule has 2 aliphatic rings. The molecular formula is C17H25N3O3. The summed E-state index contributed by atoms with van der Waals surface area (Å²) in [6.07, 6.45) is 4.65. The minimum atomic E-state index is -0.798. The molecular weight excluding hydrogens is 294 g/mol. The lowest BCUT2D eigenvalue weighted by molar-refractivity contribution is 0.0175. The maximum atomic E-state index is 12.7. The van der Waals surface area contributed by atoms with Crippen LogP contribution in [0, 0.1) is 0 Å². The number of nitrogens with zero attached hydrogens (tertiary/aromatic N) is 3. The number of hydrogen-bond acceptors (Lipinski definition) is 5. The smallest absolute Gasteiger partial charge is 0.259 e. The van der Waals surface area contributed by atoms with Crippen molar-refractivity contribution in [2.75, 3.05) is 39.3 Å². The molecule has 0 spiro atoms. The second-order valence-electron chi connectivity index (χ2n) is 6.47. The molecule has 1 aromatic rings. The van der Waals surface area contributed by atoms with Gasteiger partial charge in [0.25, 0.3) is 5.91 Å². The Labute approximate surface area is 137 Å². The summed E-state index contributed by atoms with van der Waals surface area (Å²) in [6.45, 7) is 6.04. The van der Waals surface area contributed by atoms with E-state index in [0.29, 0.717) is 44.1 Å². The van der Waals surface area contributed by atoms with E-state index in [-0.39, 0.29) is 5.91 Å². The van der Waals surface area contributed by atoms with Gasteiger partial charge in [-0.3, -0.25) is 4.79 Å². The van der Waals surface area contributed by atoms with Crippen molar-refractivity contribution in [1.82, 2.24) is 14.8 Å². The van der Waals surface area contributed by atoms with Gasteiger partial charge in [-0.05, 0) is 51.4 Å². The first-order chi connectivity index (χ1) is 11.1. The summed E-state index contributed by atoms with van der Waals surface area (Å²) in [7, 11) is 0. The van der Waals surface area contributed by atoms with Crippen LogP contribution in [0.5, 0.6) is 5.88 Å². The van der Waals surface area contributed by atoms with Crippen LogP contribution in [0.2, 0.25) is 0 Å². The Hall–Kier alpha value is -1.66. The molecule has 23 heavy (non-hydrogen) atoms. The summed E-state index contributed by atoms with van der Waals surface area (Å²) in [5, 5.41) is 10.8. The number of rotatable bonds is 5. The topological polar surface area (TPSA) is 65.9 Å². The average molecular weight is 319 g/mol. The predicted octanol–water partition coefficient (Wildman–Crippen LogP) is 1.15. The third-order valence-corrected chi connectivity index (χ3v) is 4.62. The van der Waals surface area contributed by atoms with Crippen LogP contribution in [-0.2, 0) is 0 Å². The number of aromatic nitrogens is 1. The first-order valence-corrected chi connectivity index (χ1v) is 8.43. The molecule has 2 fully saturated rings. The van der Waals surface area contributed by atoms with E-state index in [4.69, 9.17) is 4.74 Å². The molecule has 0 saturated carbocycles. The molecule has 2 saturated heterocycles. The highest BCUT2D eigenvalue weighted by molar-refractivity contribution is 5.96. The van der Waals surface area contributed by atoms with Gasteiger partial charge in [-0.1, -0.05) is 0 Å². The second kappa shape index (κ2) is 6.84. The summed E-state index contributed by atoms with van der Waals surface area (Å²) in [5.74, 6) is 0.258. The highest BCUT2D eigenvalue weighted by atomic mass is 16.5. The molecule has 126 valence electrons. The Morgan fingerprint density at radius 2 is 2.17 bits per heavy atom. The normalized spacial score (nSPS) is 25.0. The fourth-order valence-corrected chi connectivity index (χ4v) is 3.49. The van der Waals surface area contributed by atoms with E-state index in [9.17, 15) is 9.90 Å². The summed E-state index contributed by atoms with van der Waals surface area (Å²) in [5.41, 5.74) is -0.326. The van der Waals surface area contributed by atoms with E-state index >= 15 is 0 Å². The van der Waals surface area contributed by atoms with E-state index < -0.39 is 5.60 Å². The van der Waals surface area contributed by atoms with Gasteiger partial charge < -0.3 is 19.6 Å². The Morgan fingerprint density at radius 1 is 1.39 bits per heavy atom. The van der Waals surface area contributed by atoms with Gasteiger partial charge in [-0.2, -0.15) is 0 Å². The van der Waals surface area contributed by atoms with Gasteiger partial charge in [0.2, 0.25) is 5.88 Å². The summed E-state index contributed by atoms with van der Waals surface area (Å²) < 4.78 is 5.45. The molecule has 6 nitrogen and oxygen atoms in total. The van der Waals surface area contributed by atoms with Crippen LogP contribution in [0.15, 0.2) is 18.3 Å². The number of pyridine rings is 1. The van der Waals surface area contributed by atoms with Crippen LogP contribution >= 0.6 is 0 Å². The van der Waals surface area contributed by atoms with Gasteiger partial charge in [0, 0.05) is 19.3 Å². The van der Waals surface area contributed by atoms with Gasteiger partial charge >= 0.3 is 0 Å². The Balaban J connectivity index is 1.67. The molecule has 0 unspecified atom stereocenters. The summed E-state index contributed by atoms with van der Waals surface area (Å²) in [4.78, 5) is 20.9. The largest absolute Gasteiger partial charge is 0.477 e. The van der Waals surface area contributed by atoms with E-state index in [1.165, 1.54) is 12.8 Å². The number of hydrogen-bond donors (Lipinski definition) is 1. The lowest BCUT2D eigenvalue weighted by atomic mass is 10.0. The molecule has 0 radical (unpaired) electrons. The van der Waals surface area contributed by atoms with Crippen LogP contribution in [-0.4, -0.2) is 70.7 Å². The Bertz CT molecular complexity index is 560. The highest BCUT2D eigenvalue weighted by Crippen LogP contribution is 2.27. The molecule has 3 rings (SSSR count). The molecule has 0 bridgehead atoms. The molecule has 1 aromatic heterocycles. The second-order valence-corrected chi connectivity index (χ2v) is 6.47. The number of carbonyl (C=O) groups excluding carboxylic acids is 1. The zero-order valence-electron chi connectivity index (χ0n) is 13.7. The zero-order chi connectivity index (χ0) is 16.3.